The first-order valence-electron chi connectivity index (χ1n) is 11.3. The van der Waals surface area contributed by atoms with Crippen molar-refractivity contribution in [3.63, 3.8) is 0 Å². The number of aliphatic hydroxyl groups excluding tert-OH is 1. The number of nitrogens with one attached hydrogen (secondary N) is 1. The van der Waals surface area contributed by atoms with Crippen LogP contribution in [-0.2, 0) is 15.7 Å². The molecule has 1 aliphatic rings. The van der Waals surface area contributed by atoms with E-state index in [9.17, 15) is 27.3 Å². The highest BCUT2D eigenvalue weighted by molar-refractivity contribution is 7.82. The van der Waals surface area contributed by atoms with Crippen molar-refractivity contribution in [1.82, 2.24) is 14.3 Å². The van der Waals surface area contributed by atoms with E-state index in [0.717, 1.165) is 6.20 Å². The molecule has 1 fully saturated rings. The zero-order valence-electron chi connectivity index (χ0n) is 20.7. The molecule has 37 heavy (non-hydrogen) atoms. The molecule has 0 bridgehead atoms. The number of nitrogens with zero attached hydrogens (tertiary/aromatic N) is 4. The molecule has 200 valence electrons. The largest absolute Gasteiger partial charge is 0.444 e. The van der Waals surface area contributed by atoms with Gasteiger partial charge in [0.1, 0.15) is 34.3 Å². The number of halogens is 3. The molecule has 13 heteroatoms. The summed E-state index contributed by atoms with van der Waals surface area (Å²) in [5.41, 5.74) is -1.01. The van der Waals surface area contributed by atoms with Crippen LogP contribution in [-0.4, -0.2) is 67.1 Å². The predicted molar refractivity (Wildman–Crippen MR) is 132 cm³/mol. The summed E-state index contributed by atoms with van der Waals surface area (Å²) >= 11 is 0. The van der Waals surface area contributed by atoms with Crippen LogP contribution in [0.4, 0.5) is 29.6 Å². The van der Waals surface area contributed by atoms with Crippen LogP contribution in [0.2, 0.25) is 0 Å². The van der Waals surface area contributed by atoms with Crippen LogP contribution in [0.15, 0.2) is 41.6 Å². The standard InChI is InChI=1S/C24H28F3N5O4S/c1-5-6-17-15-31(11-12-32(17)20-10-7-16(13-29-20)21(33)24(25,26)27)37(35)18-8-9-19(28-14-18)30-22(34)36-23(2,3)4/h7-10,13-14,17,21,33H,11-12,15H2,1-4H3,(H,28,30,34)/t17-,21?,37?/m0/s1. The molecular formula is C24H28F3N5O4S. The van der Waals surface area contributed by atoms with E-state index in [4.69, 9.17) is 4.74 Å². The van der Waals surface area contributed by atoms with Crippen LogP contribution >= 0.6 is 0 Å². The van der Waals surface area contributed by atoms with Gasteiger partial charge in [-0.3, -0.25) is 5.32 Å². The molecule has 2 unspecified atom stereocenters. The summed E-state index contributed by atoms with van der Waals surface area (Å²) in [6.45, 7) is 7.89. The Morgan fingerprint density at radius 3 is 2.46 bits per heavy atom. The van der Waals surface area contributed by atoms with Crippen LogP contribution in [0.1, 0.15) is 39.4 Å². The van der Waals surface area contributed by atoms with Crippen LogP contribution in [0, 0.1) is 11.8 Å². The summed E-state index contributed by atoms with van der Waals surface area (Å²) in [7, 11) is -1.57. The molecule has 3 heterocycles. The van der Waals surface area contributed by atoms with Crippen molar-refractivity contribution in [1.29, 1.82) is 0 Å². The molecule has 0 saturated carbocycles. The number of rotatable bonds is 5. The fourth-order valence-corrected chi connectivity index (χ4v) is 4.66. The minimum Gasteiger partial charge on any atom is -0.444 e. The average molecular weight is 540 g/mol. The summed E-state index contributed by atoms with van der Waals surface area (Å²) in [5, 5.41) is 11.9. The molecule has 0 spiro atoms. The Balaban J connectivity index is 1.67. The van der Waals surface area contributed by atoms with Gasteiger partial charge in [0.05, 0.1) is 4.90 Å². The fraction of sp³-hybridized carbons (Fsp3) is 0.458. The number of aromatic nitrogens is 2. The number of carbonyl (C=O) groups excluding carboxylic acids is 1. The van der Waals surface area contributed by atoms with Crippen molar-refractivity contribution >= 4 is 28.7 Å². The molecule has 3 rings (SSSR count). The van der Waals surface area contributed by atoms with E-state index in [1.54, 1.807) is 38.1 Å². The second-order valence-corrected chi connectivity index (χ2v) is 10.6. The Morgan fingerprint density at radius 2 is 1.92 bits per heavy atom. The minimum absolute atomic E-state index is 0.250. The molecule has 9 nitrogen and oxygen atoms in total. The Hall–Kier alpha value is -3.21. The topological polar surface area (TPSA) is 108 Å². The highest BCUT2D eigenvalue weighted by Gasteiger charge is 2.39. The molecule has 0 aliphatic carbocycles. The highest BCUT2D eigenvalue weighted by atomic mass is 32.2. The van der Waals surface area contributed by atoms with Gasteiger partial charge in [-0.25, -0.2) is 23.3 Å². The normalized spacial score (nSPS) is 18.4. The number of carbonyl (C=O) groups is 1. The number of piperazine rings is 1. The van der Waals surface area contributed by atoms with Crippen LogP contribution in [0.5, 0.6) is 0 Å². The molecule has 3 atom stereocenters. The number of ether oxygens (including phenoxy) is 1. The number of pyridine rings is 2. The SMILES string of the molecule is CC#C[C@H]1CN(S(=O)c2ccc(NC(=O)OC(C)(C)C)nc2)CCN1c1ccc(C(O)C(F)(F)F)cn1. The fourth-order valence-electron chi connectivity index (χ4n) is 3.51. The number of amides is 1. The van der Waals surface area contributed by atoms with E-state index in [-0.39, 0.29) is 17.9 Å². The lowest BCUT2D eigenvalue weighted by atomic mass is 10.1. The Labute approximate surface area is 215 Å². The Morgan fingerprint density at radius 1 is 1.19 bits per heavy atom. The molecule has 0 aromatic carbocycles. The van der Waals surface area contributed by atoms with E-state index in [1.165, 1.54) is 24.4 Å². The van der Waals surface area contributed by atoms with Gasteiger partial charge >= 0.3 is 12.3 Å². The van der Waals surface area contributed by atoms with Gasteiger partial charge in [-0.2, -0.15) is 13.2 Å². The maximum atomic E-state index is 13.2. The Kier molecular flexibility index (Phi) is 8.78. The number of hydrogen-bond acceptors (Lipinski definition) is 7. The van der Waals surface area contributed by atoms with Crippen molar-refractivity contribution in [3.8, 4) is 11.8 Å². The van der Waals surface area contributed by atoms with E-state index < -0.39 is 41.0 Å². The summed E-state index contributed by atoms with van der Waals surface area (Å²) in [6, 6.07) is 5.28. The van der Waals surface area contributed by atoms with E-state index >= 15 is 0 Å². The van der Waals surface area contributed by atoms with Crippen LogP contribution in [0.3, 0.4) is 0 Å². The van der Waals surface area contributed by atoms with E-state index in [0.29, 0.717) is 23.8 Å². The van der Waals surface area contributed by atoms with Crippen molar-refractivity contribution in [2.75, 3.05) is 29.9 Å². The van der Waals surface area contributed by atoms with Crippen molar-refractivity contribution in [2.45, 2.75) is 56.5 Å². The van der Waals surface area contributed by atoms with Gasteiger partial charge < -0.3 is 14.7 Å². The van der Waals surface area contributed by atoms with Gasteiger partial charge in [-0.15, -0.1) is 5.92 Å². The highest BCUT2D eigenvalue weighted by Crippen LogP contribution is 2.33. The summed E-state index contributed by atoms with van der Waals surface area (Å²) in [5.74, 6) is 6.51. The third-order valence-corrected chi connectivity index (χ3v) is 6.59. The first kappa shape index (κ1) is 28.4. The number of hydrogen-bond donors (Lipinski definition) is 2. The Bertz CT molecular complexity index is 1170. The van der Waals surface area contributed by atoms with E-state index in [2.05, 4.69) is 27.1 Å². The molecule has 2 aromatic heterocycles. The third-order valence-electron chi connectivity index (χ3n) is 5.15. The minimum atomic E-state index is -4.78. The number of alkyl halides is 3. The van der Waals surface area contributed by atoms with E-state index in [1.807, 2.05) is 4.90 Å². The number of aliphatic hydroxyl groups is 1. The quantitative estimate of drug-likeness (QED) is 0.559. The molecular weight excluding hydrogens is 511 g/mol. The first-order valence-corrected chi connectivity index (χ1v) is 12.4. The van der Waals surface area contributed by atoms with Crippen LogP contribution < -0.4 is 10.2 Å². The summed E-state index contributed by atoms with van der Waals surface area (Å²) in [6.07, 6.45) is -5.65. The zero-order valence-corrected chi connectivity index (χ0v) is 21.6. The molecule has 1 aliphatic heterocycles. The second kappa shape index (κ2) is 11.5. The lowest BCUT2D eigenvalue weighted by Crippen LogP contribution is -2.53. The molecule has 2 N–H and O–H groups in total. The second-order valence-electron chi connectivity index (χ2n) is 9.14. The molecule has 1 amide bonds. The average Bonchev–Trinajstić information content (AvgIpc) is 2.82. The van der Waals surface area contributed by atoms with Crippen molar-refractivity contribution < 1.29 is 32.0 Å². The maximum Gasteiger partial charge on any atom is 0.418 e. The van der Waals surface area contributed by atoms with Gasteiger partial charge in [0.25, 0.3) is 0 Å². The lowest BCUT2D eigenvalue weighted by molar-refractivity contribution is -0.206. The third kappa shape index (κ3) is 7.64. The molecule has 2 aromatic rings. The van der Waals surface area contributed by atoms with Gasteiger partial charge in [0, 0.05) is 37.6 Å². The van der Waals surface area contributed by atoms with Crippen molar-refractivity contribution in [3.05, 3.63) is 42.2 Å². The summed E-state index contributed by atoms with van der Waals surface area (Å²) in [4.78, 5) is 22.4. The number of anilines is 2. The van der Waals surface area contributed by atoms with Crippen LogP contribution in [0.25, 0.3) is 0 Å². The van der Waals surface area contributed by atoms with Gasteiger partial charge in [-0.05, 0) is 45.9 Å². The van der Waals surface area contributed by atoms with Gasteiger partial charge in [0.15, 0.2) is 6.10 Å². The monoisotopic (exact) mass is 539 g/mol. The smallest absolute Gasteiger partial charge is 0.418 e. The zero-order chi connectivity index (χ0) is 27.4. The lowest BCUT2D eigenvalue weighted by Gasteiger charge is -2.39. The molecule has 1 saturated heterocycles. The van der Waals surface area contributed by atoms with Gasteiger partial charge in [0.2, 0.25) is 0 Å². The van der Waals surface area contributed by atoms with Crippen molar-refractivity contribution in [2.24, 2.45) is 0 Å². The van der Waals surface area contributed by atoms with Gasteiger partial charge in [-0.1, -0.05) is 12.0 Å². The first-order chi connectivity index (χ1) is 17.3. The summed E-state index contributed by atoms with van der Waals surface area (Å²) < 4.78 is 58.4. The predicted octanol–water partition coefficient (Wildman–Crippen LogP) is 3.66. The molecule has 0 radical (unpaired) electrons. The maximum absolute atomic E-state index is 13.2.